The van der Waals surface area contributed by atoms with Gasteiger partial charge < -0.3 is 15.2 Å². The van der Waals surface area contributed by atoms with Crippen LogP contribution in [-0.2, 0) is 20.3 Å². The molecular formula is C9H21NO3S. The fraction of sp³-hybridized carbons (Fsp3) is 1.00. The molecule has 86 valence electrons. The maximum Gasteiger partial charge on any atom is 0.0581 e. The summed E-state index contributed by atoms with van der Waals surface area (Å²) in [6, 6.07) is 0. The van der Waals surface area contributed by atoms with Gasteiger partial charge in [-0.05, 0) is 19.4 Å². The second kappa shape index (κ2) is 11.1. The molecule has 0 aromatic carbocycles. The van der Waals surface area contributed by atoms with Gasteiger partial charge in [0, 0.05) is 42.6 Å². The number of rotatable bonds is 10. The van der Waals surface area contributed by atoms with Crippen molar-refractivity contribution in [3.63, 3.8) is 0 Å². The van der Waals surface area contributed by atoms with Gasteiger partial charge in [-0.3, -0.25) is 4.21 Å². The standard InChI is InChI=1S/C9H21NO3S/c1-12-5-3-6-13-7-9-14(11)8-2-4-10/h2-10H2,1H3. The highest BCUT2D eigenvalue weighted by Crippen LogP contribution is 1.89. The van der Waals surface area contributed by atoms with E-state index in [-0.39, 0.29) is 0 Å². The van der Waals surface area contributed by atoms with Crippen molar-refractivity contribution in [2.24, 2.45) is 5.73 Å². The highest BCUT2D eigenvalue weighted by atomic mass is 32.2. The lowest BCUT2D eigenvalue weighted by atomic mass is 10.5. The predicted molar refractivity (Wildman–Crippen MR) is 58.9 cm³/mol. The quantitative estimate of drug-likeness (QED) is 0.535. The first-order valence-electron chi connectivity index (χ1n) is 4.93. The first-order chi connectivity index (χ1) is 6.81. The second-order valence-electron chi connectivity index (χ2n) is 2.95. The Morgan fingerprint density at radius 1 is 1.14 bits per heavy atom. The fourth-order valence-corrected chi connectivity index (χ4v) is 1.90. The van der Waals surface area contributed by atoms with E-state index >= 15 is 0 Å². The Hall–Kier alpha value is 0.0300. The van der Waals surface area contributed by atoms with Crippen LogP contribution in [0.1, 0.15) is 12.8 Å². The fourth-order valence-electron chi connectivity index (χ4n) is 0.906. The molecule has 14 heavy (non-hydrogen) atoms. The SMILES string of the molecule is COCCCOCCS(=O)CCCN. The summed E-state index contributed by atoms with van der Waals surface area (Å²) in [7, 11) is 0.905. The monoisotopic (exact) mass is 223 g/mol. The van der Waals surface area contributed by atoms with E-state index in [0.717, 1.165) is 19.4 Å². The summed E-state index contributed by atoms with van der Waals surface area (Å²) in [4.78, 5) is 0. The second-order valence-corrected chi connectivity index (χ2v) is 4.65. The Morgan fingerprint density at radius 3 is 2.57 bits per heavy atom. The number of nitrogens with two attached hydrogens (primary N) is 1. The third-order valence-corrected chi connectivity index (χ3v) is 3.03. The van der Waals surface area contributed by atoms with E-state index in [2.05, 4.69) is 0 Å². The van der Waals surface area contributed by atoms with E-state index in [4.69, 9.17) is 15.2 Å². The van der Waals surface area contributed by atoms with Crippen LogP contribution in [0.3, 0.4) is 0 Å². The smallest absolute Gasteiger partial charge is 0.0581 e. The van der Waals surface area contributed by atoms with Crippen LogP contribution >= 0.6 is 0 Å². The molecule has 0 bridgehead atoms. The lowest BCUT2D eigenvalue weighted by molar-refractivity contribution is 0.112. The van der Waals surface area contributed by atoms with E-state index in [0.29, 0.717) is 31.3 Å². The van der Waals surface area contributed by atoms with Gasteiger partial charge >= 0.3 is 0 Å². The molecule has 2 N–H and O–H groups in total. The molecule has 0 aromatic heterocycles. The Morgan fingerprint density at radius 2 is 1.93 bits per heavy atom. The van der Waals surface area contributed by atoms with Crippen LogP contribution < -0.4 is 5.73 Å². The molecule has 5 heteroatoms. The zero-order chi connectivity index (χ0) is 10.6. The normalized spacial score (nSPS) is 13.0. The van der Waals surface area contributed by atoms with Crippen molar-refractivity contribution in [1.29, 1.82) is 0 Å². The van der Waals surface area contributed by atoms with Crippen LogP contribution in [0.15, 0.2) is 0 Å². The molecule has 0 heterocycles. The zero-order valence-electron chi connectivity index (χ0n) is 8.87. The Balaban J connectivity index is 3.07. The molecule has 0 aliphatic carbocycles. The highest BCUT2D eigenvalue weighted by Gasteiger charge is 1.98. The molecule has 1 atom stereocenters. The van der Waals surface area contributed by atoms with Gasteiger partial charge in [-0.15, -0.1) is 0 Å². The van der Waals surface area contributed by atoms with Crippen molar-refractivity contribution in [2.45, 2.75) is 12.8 Å². The van der Waals surface area contributed by atoms with E-state index in [1.54, 1.807) is 7.11 Å². The van der Waals surface area contributed by atoms with Gasteiger partial charge in [-0.25, -0.2) is 0 Å². The van der Waals surface area contributed by atoms with E-state index < -0.39 is 10.8 Å². The van der Waals surface area contributed by atoms with Gasteiger partial charge in [0.1, 0.15) is 0 Å². The van der Waals surface area contributed by atoms with Crippen LogP contribution in [0, 0.1) is 0 Å². The van der Waals surface area contributed by atoms with Crippen LogP contribution in [0.25, 0.3) is 0 Å². The van der Waals surface area contributed by atoms with Crippen molar-refractivity contribution < 1.29 is 13.7 Å². The number of ether oxygens (including phenoxy) is 2. The third kappa shape index (κ3) is 10.1. The summed E-state index contributed by atoms with van der Waals surface area (Å²) in [5.74, 6) is 1.31. The van der Waals surface area contributed by atoms with Crippen LogP contribution in [0.2, 0.25) is 0 Å². The number of hydrogen-bond acceptors (Lipinski definition) is 4. The predicted octanol–water partition coefficient (Wildman–Crippen LogP) is 0.137. The average molecular weight is 223 g/mol. The van der Waals surface area contributed by atoms with Crippen LogP contribution in [-0.4, -0.2) is 49.2 Å². The summed E-state index contributed by atoms with van der Waals surface area (Å²) in [6.45, 7) is 2.58. The van der Waals surface area contributed by atoms with Crippen molar-refractivity contribution >= 4 is 10.8 Å². The summed E-state index contributed by atoms with van der Waals surface area (Å²) in [5.41, 5.74) is 5.31. The average Bonchev–Trinajstić information content (AvgIpc) is 2.20. The van der Waals surface area contributed by atoms with Crippen molar-refractivity contribution in [2.75, 3.05) is 45.0 Å². The Labute approximate surface area is 88.6 Å². The minimum Gasteiger partial charge on any atom is -0.385 e. The number of methoxy groups -OCH3 is 1. The number of hydrogen-bond donors (Lipinski definition) is 1. The molecule has 0 aliphatic heterocycles. The molecule has 0 saturated heterocycles. The Kier molecular flexibility index (Phi) is 11.1. The van der Waals surface area contributed by atoms with E-state index in [1.165, 1.54) is 0 Å². The molecule has 1 unspecified atom stereocenters. The van der Waals surface area contributed by atoms with Gasteiger partial charge in [0.25, 0.3) is 0 Å². The molecule has 0 rings (SSSR count). The van der Waals surface area contributed by atoms with Gasteiger partial charge in [-0.1, -0.05) is 0 Å². The molecule has 0 spiro atoms. The summed E-state index contributed by atoms with van der Waals surface area (Å²) in [6.07, 6.45) is 1.72. The molecular weight excluding hydrogens is 202 g/mol. The largest absolute Gasteiger partial charge is 0.385 e. The molecule has 0 amide bonds. The van der Waals surface area contributed by atoms with Crippen LogP contribution in [0.5, 0.6) is 0 Å². The lowest BCUT2D eigenvalue weighted by Crippen LogP contribution is -2.12. The highest BCUT2D eigenvalue weighted by molar-refractivity contribution is 7.84. The topological polar surface area (TPSA) is 61.5 Å². The summed E-state index contributed by atoms with van der Waals surface area (Å²) < 4.78 is 21.4. The van der Waals surface area contributed by atoms with Gasteiger partial charge in [-0.2, -0.15) is 0 Å². The molecule has 0 aromatic rings. The first kappa shape index (κ1) is 14.0. The first-order valence-corrected chi connectivity index (χ1v) is 6.41. The van der Waals surface area contributed by atoms with Gasteiger partial charge in [0.2, 0.25) is 0 Å². The van der Waals surface area contributed by atoms with Crippen LogP contribution in [0.4, 0.5) is 0 Å². The minimum absolute atomic E-state index is 0.570. The zero-order valence-corrected chi connectivity index (χ0v) is 9.68. The molecule has 0 aliphatic rings. The third-order valence-electron chi connectivity index (χ3n) is 1.67. The van der Waals surface area contributed by atoms with Crippen molar-refractivity contribution in [3.05, 3.63) is 0 Å². The van der Waals surface area contributed by atoms with Crippen molar-refractivity contribution in [3.8, 4) is 0 Å². The molecule has 4 nitrogen and oxygen atoms in total. The maximum atomic E-state index is 11.2. The van der Waals surface area contributed by atoms with Crippen molar-refractivity contribution in [1.82, 2.24) is 0 Å². The molecule has 0 radical (unpaired) electrons. The summed E-state index contributed by atoms with van der Waals surface area (Å²) >= 11 is 0. The molecule has 0 fully saturated rings. The van der Waals surface area contributed by atoms with Gasteiger partial charge in [0.05, 0.1) is 6.61 Å². The van der Waals surface area contributed by atoms with E-state index in [9.17, 15) is 4.21 Å². The minimum atomic E-state index is -0.763. The van der Waals surface area contributed by atoms with E-state index in [1.807, 2.05) is 0 Å². The van der Waals surface area contributed by atoms with Gasteiger partial charge in [0.15, 0.2) is 0 Å². The maximum absolute atomic E-state index is 11.2. The Bertz CT molecular complexity index is 144. The molecule has 0 saturated carbocycles. The lowest BCUT2D eigenvalue weighted by Gasteiger charge is -2.03. The summed E-state index contributed by atoms with van der Waals surface area (Å²) in [5, 5.41) is 0.